The first-order chi connectivity index (χ1) is 16.4. The van der Waals surface area contributed by atoms with Gasteiger partial charge >= 0.3 is 5.97 Å². The van der Waals surface area contributed by atoms with Crippen LogP contribution in [0, 0.1) is 0 Å². The van der Waals surface area contributed by atoms with Gasteiger partial charge in [0.05, 0.1) is 22.6 Å². The van der Waals surface area contributed by atoms with E-state index in [9.17, 15) is 22.8 Å². The molecule has 0 N–H and O–H groups in total. The van der Waals surface area contributed by atoms with Crippen LogP contribution in [0.5, 0.6) is 0 Å². The minimum Gasteiger partial charge on any atom is -0.461 e. The Morgan fingerprint density at radius 2 is 1.47 bits per heavy atom. The molecule has 2 aromatic rings. The fraction of sp³-hybridized carbons (Fsp3) is 0.320. The number of sulfonamides is 1. The summed E-state index contributed by atoms with van der Waals surface area (Å²) >= 11 is 0. The molecule has 2 aromatic carbocycles. The van der Waals surface area contributed by atoms with Gasteiger partial charge in [-0.1, -0.05) is 37.1 Å². The number of esters is 1. The van der Waals surface area contributed by atoms with Crippen LogP contribution in [0.25, 0.3) is 6.08 Å². The quantitative estimate of drug-likeness (QED) is 0.342. The highest BCUT2D eigenvalue weighted by atomic mass is 32.2. The maximum atomic E-state index is 12.8. The minimum absolute atomic E-state index is 0.0328. The van der Waals surface area contributed by atoms with Gasteiger partial charge in [-0.25, -0.2) is 13.2 Å². The van der Waals surface area contributed by atoms with Crippen molar-refractivity contribution in [3.8, 4) is 0 Å². The van der Waals surface area contributed by atoms with Crippen LogP contribution in [0.3, 0.4) is 0 Å². The summed E-state index contributed by atoms with van der Waals surface area (Å²) in [5.41, 5.74) is 1.34. The number of rotatable bonds is 7. The first-order valence-corrected chi connectivity index (χ1v) is 12.7. The van der Waals surface area contributed by atoms with E-state index < -0.39 is 27.8 Å². The lowest BCUT2D eigenvalue weighted by molar-refractivity contribution is -0.137. The van der Waals surface area contributed by atoms with Crippen molar-refractivity contribution in [2.45, 2.75) is 30.6 Å². The highest BCUT2D eigenvalue weighted by molar-refractivity contribution is 7.89. The van der Waals surface area contributed by atoms with Gasteiger partial charge in [0.25, 0.3) is 11.8 Å². The van der Waals surface area contributed by atoms with Crippen LogP contribution in [0.1, 0.15) is 52.0 Å². The molecule has 8 nitrogen and oxygen atoms in total. The SMILES string of the molecule is O=C(C=Cc1ccc(S(=O)(=O)N2CCCCCC2)cc1)OCCN1C(=O)c2ccccc2C1=O. The van der Waals surface area contributed by atoms with E-state index in [0.717, 1.165) is 30.6 Å². The molecule has 34 heavy (non-hydrogen) atoms. The zero-order valence-corrected chi connectivity index (χ0v) is 19.5. The summed E-state index contributed by atoms with van der Waals surface area (Å²) in [6.07, 6.45) is 6.58. The predicted molar refractivity (Wildman–Crippen MR) is 125 cm³/mol. The Hall–Kier alpha value is -3.30. The van der Waals surface area contributed by atoms with Crippen LogP contribution in [-0.4, -0.2) is 61.6 Å². The van der Waals surface area contributed by atoms with Crippen LogP contribution in [0.15, 0.2) is 59.5 Å². The number of ether oxygens (including phenoxy) is 1. The van der Waals surface area contributed by atoms with E-state index in [0.29, 0.717) is 29.8 Å². The molecule has 2 amide bonds. The number of carbonyl (C=O) groups excluding carboxylic acids is 3. The molecule has 0 bridgehead atoms. The maximum absolute atomic E-state index is 12.8. The molecule has 4 rings (SSSR count). The molecule has 1 fully saturated rings. The smallest absolute Gasteiger partial charge is 0.330 e. The summed E-state index contributed by atoms with van der Waals surface area (Å²) < 4.78 is 32.3. The molecule has 178 valence electrons. The highest BCUT2D eigenvalue weighted by Gasteiger charge is 2.34. The largest absolute Gasteiger partial charge is 0.461 e. The van der Waals surface area contributed by atoms with Crippen LogP contribution in [-0.2, 0) is 19.6 Å². The predicted octanol–water partition coefficient (Wildman–Crippen LogP) is 3.10. The number of nitrogens with zero attached hydrogens (tertiary/aromatic N) is 2. The summed E-state index contributed by atoms with van der Waals surface area (Å²) in [7, 11) is -3.52. The Bertz CT molecular complexity index is 1180. The third-order valence-corrected chi connectivity index (χ3v) is 7.85. The molecule has 0 aliphatic carbocycles. The van der Waals surface area contributed by atoms with E-state index in [2.05, 4.69) is 0 Å². The summed E-state index contributed by atoms with van der Waals surface area (Å²) in [5.74, 6) is -1.43. The Labute approximate surface area is 198 Å². The van der Waals surface area contributed by atoms with E-state index >= 15 is 0 Å². The highest BCUT2D eigenvalue weighted by Crippen LogP contribution is 2.22. The molecule has 0 spiro atoms. The van der Waals surface area contributed by atoms with Gasteiger partial charge in [-0.15, -0.1) is 0 Å². The Morgan fingerprint density at radius 3 is 2.06 bits per heavy atom. The number of amides is 2. The molecule has 0 aromatic heterocycles. The normalized spacial score (nSPS) is 17.1. The summed E-state index contributed by atoms with van der Waals surface area (Å²) in [6, 6.07) is 12.9. The van der Waals surface area contributed by atoms with Gasteiger partial charge in [-0.05, 0) is 48.7 Å². The lowest BCUT2D eigenvalue weighted by Gasteiger charge is -2.19. The van der Waals surface area contributed by atoms with Crippen molar-refractivity contribution in [2.75, 3.05) is 26.2 Å². The number of hydrogen-bond acceptors (Lipinski definition) is 6. The van der Waals surface area contributed by atoms with E-state index in [-0.39, 0.29) is 18.0 Å². The van der Waals surface area contributed by atoms with Crippen LogP contribution >= 0.6 is 0 Å². The topological polar surface area (TPSA) is 101 Å². The van der Waals surface area contributed by atoms with Gasteiger partial charge < -0.3 is 4.74 Å². The molecule has 2 heterocycles. The van der Waals surface area contributed by atoms with Gasteiger partial charge in [0, 0.05) is 19.2 Å². The van der Waals surface area contributed by atoms with Gasteiger partial charge in [0.1, 0.15) is 6.61 Å². The molecule has 9 heteroatoms. The zero-order chi connectivity index (χ0) is 24.1. The van der Waals surface area contributed by atoms with Crippen molar-refractivity contribution in [1.29, 1.82) is 0 Å². The molecule has 1 saturated heterocycles. The van der Waals surface area contributed by atoms with Gasteiger partial charge in [0.15, 0.2) is 0 Å². The number of fused-ring (bicyclic) bond motifs is 1. The first kappa shape index (κ1) is 23.8. The fourth-order valence-corrected chi connectivity index (χ4v) is 5.59. The molecule has 0 saturated carbocycles. The second-order valence-electron chi connectivity index (χ2n) is 8.20. The molecule has 2 aliphatic rings. The van der Waals surface area contributed by atoms with E-state index in [1.165, 1.54) is 28.6 Å². The monoisotopic (exact) mass is 482 g/mol. The molecule has 0 atom stereocenters. The Kier molecular flexibility index (Phi) is 7.23. The van der Waals surface area contributed by atoms with E-state index in [4.69, 9.17) is 4.74 Å². The second-order valence-corrected chi connectivity index (χ2v) is 10.1. The van der Waals surface area contributed by atoms with Crippen molar-refractivity contribution >= 4 is 33.9 Å². The lowest BCUT2D eigenvalue weighted by atomic mass is 10.1. The standard InChI is InChI=1S/C25H26N2O6S/c28-23(33-18-17-27-24(29)21-7-3-4-8-22(21)25(27)30)14-11-19-9-12-20(13-10-19)34(31,32)26-15-5-1-2-6-16-26/h3-4,7-14H,1-2,5-6,15-18H2. The molecular weight excluding hydrogens is 456 g/mol. The molecule has 2 aliphatic heterocycles. The number of carbonyl (C=O) groups is 3. The van der Waals surface area contributed by atoms with Crippen molar-refractivity contribution in [3.63, 3.8) is 0 Å². The van der Waals surface area contributed by atoms with Crippen LogP contribution in [0.2, 0.25) is 0 Å². The van der Waals surface area contributed by atoms with Crippen molar-refractivity contribution in [1.82, 2.24) is 9.21 Å². The molecule has 0 radical (unpaired) electrons. The van der Waals surface area contributed by atoms with E-state index in [1.807, 2.05) is 0 Å². The van der Waals surface area contributed by atoms with Crippen LogP contribution in [0.4, 0.5) is 0 Å². The summed E-state index contributed by atoms with van der Waals surface area (Å²) in [4.78, 5) is 38.0. The number of benzene rings is 2. The van der Waals surface area contributed by atoms with Crippen molar-refractivity contribution in [2.24, 2.45) is 0 Å². The van der Waals surface area contributed by atoms with Gasteiger partial charge in [-0.2, -0.15) is 4.31 Å². The Morgan fingerprint density at radius 1 is 0.882 bits per heavy atom. The Balaban J connectivity index is 1.29. The van der Waals surface area contributed by atoms with Gasteiger partial charge in [-0.3, -0.25) is 14.5 Å². The minimum atomic E-state index is -3.52. The number of hydrogen-bond donors (Lipinski definition) is 0. The lowest BCUT2D eigenvalue weighted by Crippen LogP contribution is -2.33. The average molecular weight is 483 g/mol. The average Bonchev–Trinajstić information content (AvgIpc) is 3.03. The zero-order valence-electron chi connectivity index (χ0n) is 18.7. The molecular formula is C25H26N2O6S. The maximum Gasteiger partial charge on any atom is 0.330 e. The summed E-state index contributed by atoms with van der Waals surface area (Å²) in [6.45, 7) is 0.920. The fourth-order valence-electron chi connectivity index (χ4n) is 4.07. The second kappa shape index (κ2) is 10.3. The number of imide groups is 1. The third-order valence-electron chi connectivity index (χ3n) is 5.93. The van der Waals surface area contributed by atoms with Crippen molar-refractivity contribution in [3.05, 3.63) is 71.3 Å². The van der Waals surface area contributed by atoms with E-state index in [1.54, 1.807) is 36.4 Å². The van der Waals surface area contributed by atoms with Gasteiger partial charge in [0.2, 0.25) is 10.0 Å². The van der Waals surface area contributed by atoms with Crippen LogP contribution < -0.4 is 0 Å². The summed E-state index contributed by atoms with van der Waals surface area (Å²) in [5, 5.41) is 0. The van der Waals surface area contributed by atoms with Crippen molar-refractivity contribution < 1.29 is 27.5 Å². The first-order valence-electron chi connectivity index (χ1n) is 11.3. The molecule has 0 unspecified atom stereocenters. The third kappa shape index (κ3) is 5.10.